The van der Waals surface area contributed by atoms with Gasteiger partial charge in [-0.25, -0.2) is 9.59 Å². The molecule has 0 saturated heterocycles. The van der Waals surface area contributed by atoms with Crippen LogP contribution in [-0.2, 0) is 22.5 Å². The number of carboxylic acid groups (broad SMARTS) is 1. The Kier molecular flexibility index (Phi) is 4.09. The van der Waals surface area contributed by atoms with Gasteiger partial charge in [0.25, 0.3) is 0 Å². The van der Waals surface area contributed by atoms with Gasteiger partial charge in [-0.1, -0.05) is 6.07 Å². The summed E-state index contributed by atoms with van der Waals surface area (Å²) in [5.74, 6) is -1.07. The lowest BCUT2D eigenvalue weighted by Gasteiger charge is -2.35. The Morgan fingerprint density at radius 3 is 2.59 bits per heavy atom. The summed E-state index contributed by atoms with van der Waals surface area (Å²) in [6.07, 6.45) is -0.455. The second-order valence-electron chi connectivity index (χ2n) is 6.26. The molecular weight excluding hydrogens is 284 g/mol. The highest BCUT2D eigenvalue weighted by molar-refractivity contribution is 5.81. The highest BCUT2D eigenvalue weighted by Gasteiger charge is 2.37. The molecule has 0 spiro atoms. The predicted octanol–water partition coefficient (Wildman–Crippen LogP) is 2.30. The average Bonchev–Trinajstić information content (AvgIpc) is 2.43. The van der Waals surface area contributed by atoms with Crippen LogP contribution in [0.4, 0.5) is 4.79 Å². The van der Waals surface area contributed by atoms with E-state index in [1.165, 1.54) is 4.90 Å². The first kappa shape index (κ1) is 15.8. The normalized spacial score (nSPS) is 17.4. The maximum absolute atomic E-state index is 12.3. The molecule has 1 N–H and O–H groups in total. The lowest BCUT2D eigenvalue weighted by molar-refractivity contribution is -0.143. The Labute approximate surface area is 128 Å². The van der Waals surface area contributed by atoms with Crippen molar-refractivity contribution in [3.05, 3.63) is 34.9 Å². The van der Waals surface area contributed by atoms with Crippen LogP contribution < -0.4 is 0 Å². The van der Waals surface area contributed by atoms with Crippen molar-refractivity contribution in [2.75, 3.05) is 0 Å². The first-order valence-electron chi connectivity index (χ1n) is 6.95. The van der Waals surface area contributed by atoms with Crippen molar-refractivity contribution in [2.45, 2.75) is 45.4 Å². The van der Waals surface area contributed by atoms with Crippen LogP contribution in [0.5, 0.6) is 0 Å². The van der Waals surface area contributed by atoms with Crippen LogP contribution in [-0.4, -0.2) is 33.7 Å². The first-order chi connectivity index (χ1) is 10.2. The minimum atomic E-state index is -1.07. The van der Waals surface area contributed by atoms with Crippen molar-refractivity contribution in [2.24, 2.45) is 0 Å². The summed E-state index contributed by atoms with van der Waals surface area (Å²) in [4.78, 5) is 24.9. The minimum Gasteiger partial charge on any atom is -0.480 e. The zero-order chi connectivity index (χ0) is 16.5. The van der Waals surface area contributed by atoms with E-state index in [1.807, 2.05) is 6.07 Å². The number of carbonyl (C=O) groups is 2. The molecule has 0 saturated carbocycles. The van der Waals surface area contributed by atoms with E-state index in [9.17, 15) is 14.7 Å². The van der Waals surface area contributed by atoms with Crippen LogP contribution >= 0.6 is 0 Å². The average molecular weight is 302 g/mol. The highest BCUT2D eigenvalue weighted by atomic mass is 16.6. The molecule has 1 aliphatic heterocycles. The van der Waals surface area contributed by atoms with Crippen molar-refractivity contribution in [3.63, 3.8) is 0 Å². The molecule has 1 heterocycles. The smallest absolute Gasteiger partial charge is 0.411 e. The summed E-state index contributed by atoms with van der Waals surface area (Å²) in [5, 5.41) is 18.3. The van der Waals surface area contributed by atoms with E-state index in [0.29, 0.717) is 5.56 Å². The quantitative estimate of drug-likeness (QED) is 0.859. The zero-order valence-corrected chi connectivity index (χ0v) is 12.8. The van der Waals surface area contributed by atoms with Gasteiger partial charge in [0.1, 0.15) is 11.6 Å². The molecule has 0 fully saturated rings. The van der Waals surface area contributed by atoms with Gasteiger partial charge in [-0.15, -0.1) is 0 Å². The molecule has 22 heavy (non-hydrogen) atoms. The third kappa shape index (κ3) is 3.37. The lowest BCUT2D eigenvalue weighted by Crippen LogP contribution is -2.50. The molecule has 1 aromatic rings. The lowest BCUT2D eigenvalue weighted by atomic mass is 9.93. The van der Waals surface area contributed by atoms with Crippen molar-refractivity contribution >= 4 is 12.1 Å². The SMILES string of the molecule is CC(C)(C)OC(=O)N1Cc2cc(C#N)ccc2CC1C(=O)O. The number of carboxylic acids is 1. The van der Waals surface area contributed by atoms with Crippen LogP contribution in [0.15, 0.2) is 18.2 Å². The van der Waals surface area contributed by atoms with Crippen molar-refractivity contribution in [1.82, 2.24) is 4.90 Å². The summed E-state index contributed by atoms with van der Waals surface area (Å²) in [5.41, 5.74) is 1.40. The third-order valence-electron chi connectivity index (χ3n) is 3.38. The number of rotatable bonds is 1. The minimum absolute atomic E-state index is 0.122. The van der Waals surface area contributed by atoms with Gasteiger partial charge in [0, 0.05) is 6.42 Å². The summed E-state index contributed by atoms with van der Waals surface area (Å²) in [6, 6.07) is 6.16. The predicted molar refractivity (Wildman–Crippen MR) is 78.1 cm³/mol. The fourth-order valence-electron chi connectivity index (χ4n) is 2.39. The number of nitriles is 1. The van der Waals surface area contributed by atoms with E-state index in [2.05, 4.69) is 0 Å². The van der Waals surface area contributed by atoms with Gasteiger partial charge in [0.2, 0.25) is 0 Å². The number of hydrogen-bond donors (Lipinski definition) is 1. The van der Waals surface area contributed by atoms with E-state index in [4.69, 9.17) is 10.00 Å². The highest BCUT2D eigenvalue weighted by Crippen LogP contribution is 2.26. The monoisotopic (exact) mass is 302 g/mol. The molecular formula is C16H18N2O4. The fraction of sp³-hybridized carbons (Fsp3) is 0.438. The van der Waals surface area contributed by atoms with Gasteiger partial charge < -0.3 is 9.84 Å². The van der Waals surface area contributed by atoms with Gasteiger partial charge in [0.05, 0.1) is 18.2 Å². The number of amides is 1. The van der Waals surface area contributed by atoms with Crippen LogP contribution in [0, 0.1) is 11.3 Å². The molecule has 0 aromatic heterocycles. The Bertz CT molecular complexity index is 655. The Morgan fingerprint density at radius 2 is 2.05 bits per heavy atom. The molecule has 6 nitrogen and oxygen atoms in total. The molecule has 1 aromatic carbocycles. The molecule has 0 bridgehead atoms. The van der Waals surface area contributed by atoms with Crippen LogP contribution in [0.2, 0.25) is 0 Å². The number of fused-ring (bicyclic) bond motifs is 1. The fourth-order valence-corrected chi connectivity index (χ4v) is 2.39. The number of aliphatic carboxylic acids is 1. The first-order valence-corrected chi connectivity index (χ1v) is 6.95. The summed E-state index contributed by atoms with van der Waals surface area (Å²) < 4.78 is 5.29. The van der Waals surface area contributed by atoms with E-state index >= 15 is 0 Å². The summed E-state index contributed by atoms with van der Waals surface area (Å²) in [6.45, 7) is 5.31. The largest absolute Gasteiger partial charge is 0.480 e. The Hall–Kier alpha value is -2.55. The van der Waals surface area contributed by atoms with Crippen molar-refractivity contribution in [1.29, 1.82) is 5.26 Å². The van der Waals surface area contributed by atoms with Gasteiger partial charge in [-0.2, -0.15) is 5.26 Å². The third-order valence-corrected chi connectivity index (χ3v) is 3.38. The van der Waals surface area contributed by atoms with Gasteiger partial charge >= 0.3 is 12.1 Å². The zero-order valence-electron chi connectivity index (χ0n) is 12.8. The van der Waals surface area contributed by atoms with E-state index in [-0.39, 0.29) is 13.0 Å². The van der Waals surface area contributed by atoms with Crippen molar-refractivity contribution in [3.8, 4) is 6.07 Å². The molecule has 1 unspecified atom stereocenters. The second-order valence-corrected chi connectivity index (χ2v) is 6.26. The molecule has 0 radical (unpaired) electrons. The molecule has 2 rings (SSSR count). The van der Waals surface area contributed by atoms with Crippen LogP contribution in [0.25, 0.3) is 0 Å². The van der Waals surface area contributed by atoms with Crippen molar-refractivity contribution < 1.29 is 19.4 Å². The maximum atomic E-state index is 12.3. The molecule has 1 amide bonds. The molecule has 6 heteroatoms. The molecule has 116 valence electrons. The standard InChI is InChI=1S/C16H18N2O4/c1-16(2,3)22-15(21)18-9-12-6-10(8-17)4-5-11(12)7-13(18)14(19)20/h4-6,13H,7,9H2,1-3H3,(H,19,20). The van der Waals surface area contributed by atoms with Gasteiger partial charge in [0.15, 0.2) is 0 Å². The Morgan fingerprint density at radius 1 is 1.36 bits per heavy atom. The van der Waals surface area contributed by atoms with Gasteiger partial charge in [-0.3, -0.25) is 4.90 Å². The van der Waals surface area contributed by atoms with E-state index < -0.39 is 23.7 Å². The molecule has 1 aliphatic rings. The maximum Gasteiger partial charge on any atom is 0.411 e. The number of ether oxygens (including phenoxy) is 1. The van der Waals surface area contributed by atoms with Crippen LogP contribution in [0.3, 0.4) is 0 Å². The number of carbonyl (C=O) groups excluding carboxylic acids is 1. The number of nitrogens with zero attached hydrogens (tertiary/aromatic N) is 2. The number of benzene rings is 1. The van der Waals surface area contributed by atoms with Gasteiger partial charge in [-0.05, 0) is 44.0 Å². The van der Waals surface area contributed by atoms with E-state index in [0.717, 1.165) is 11.1 Å². The van der Waals surface area contributed by atoms with E-state index in [1.54, 1.807) is 39.0 Å². The van der Waals surface area contributed by atoms with Crippen LogP contribution in [0.1, 0.15) is 37.5 Å². The number of hydrogen-bond acceptors (Lipinski definition) is 4. The second kappa shape index (κ2) is 5.68. The summed E-state index contributed by atoms with van der Waals surface area (Å²) in [7, 11) is 0. The topological polar surface area (TPSA) is 90.6 Å². The molecule has 0 aliphatic carbocycles. The summed E-state index contributed by atoms with van der Waals surface area (Å²) >= 11 is 0. The Balaban J connectivity index is 2.33. The molecule has 1 atom stereocenters.